The Bertz CT molecular complexity index is 1170. The Hall–Kier alpha value is -4.92. The molecule has 4 aromatic rings. The smallest absolute Gasteiger partial charge is 0.526 e. The van der Waals surface area contributed by atoms with Gasteiger partial charge in [0.2, 0.25) is 0 Å². The second-order valence-corrected chi connectivity index (χ2v) is 7.75. The third-order valence-corrected chi connectivity index (χ3v) is 5.00. The Kier molecular flexibility index (Phi) is 9.02. The summed E-state index contributed by atoms with van der Waals surface area (Å²) >= 11 is 0. The second kappa shape index (κ2) is 13.2. The van der Waals surface area contributed by atoms with Crippen molar-refractivity contribution in [1.29, 1.82) is 0 Å². The first-order chi connectivity index (χ1) is 18.1. The molecule has 0 heterocycles. The van der Waals surface area contributed by atoms with Crippen molar-refractivity contribution in [3.63, 3.8) is 0 Å². The molecule has 2 amide bonds. The van der Waals surface area contributed by atoms with Crippen LogP contribution in [0.2, 0.25) is 0 Å². The van der Waals surface area contributed by atoms with Crippen molar-refractivity contribution in [1.82, 2.24) is 0 Å². The number of carbonyl (C=O) groups excluding carboxylic acids is 2. The summed E-state index contributed by atoms with van der Waals surface area (Å²) in [6.07, 6.45) is -1.09. The normalized spacial score (nSPS) is 10.1. The molecule has 0 spiro atoms. The van der Waals surface area contributed by atoms with Gasteiger partial charge in [-0.3, -0.25) is 10.6 Å². The fourth-order valence-corrected chi connectivity index (χ4v) is 3.12. The van der Waals surface area contributed by atoms with Gasteiger partial charge in [0, 0.05) is 11.4 Å². The lowest BCUT2D eigenvalue weighted by atomic mass is 10.2. The van der Waals surface area contributed by atoms with E-state index >= 15 is 0 Å². The summed E-state index contributed by atoms with van der Waals surface area (Å²) in [5.74, 6) is 1.03. The van der Waals surface area contributed by atoms with Crippen molar-refractivity contribution in [2.45, 2.75) is 13.2 Å². The molecule has 2 N–H and O–H groups in total. The molecule has 9 heteroatoms. The summed E-state index contributed by atoms with van der Waals surface area (Å²) in [5.41, 5.74) is 2.95. The Morgan fingerprint density at radius 2 is 0.919 bits per heavy atom. The highest BCUT2D eigenvalue weighted by molar-refractivity contribution is 6.20. The lowest BCUT2D eigenvalue weighted by Gasteiger charge is -2.10. The van der Waals surface area contributed by atoms with Gasteiger partial charge in [0.05, 0.1) is 0 Å². The van der Waals surface area contributed by atoms with Crippen molar-refractivity contribution in [3.8, 4) is 11.5 Å². The standard InChI is InChI=1S/C28H24BN2O6/c32-27(34-19-21-7-3-1-4-8-21)30-23-11-15-25(16-12-23)36-29-37-26-17-13-24(14-18-26)31-28(33)35-20-22-9-5-2-6-10-22/h1-18H,19-20H2,(H,30,32)(H,31,33). The molecule has 0 atom stereocenters. The predicted octanol–water partition coefficient (Wildman–Crippen LogP) is 6.18. The number of carbonyl (C=O) groups is 2. The largest absolute Gasteiger partial charge is 0.658 e. The molecule has 0 aliphatic heterocycles. The van der Waals surface area contributed by atoms with Gasteiger partial charge in [-0.1, -0.05) is 60.7 Å². The first-order valence-corrected chi connectivity index (χ1v) is 11.4. The Balaban J connectivity index is 1.14. The van der Waals surface area contributed by atoms with Crippen LogP contribution < -0.4 is 19.9 Å². The van der Waals surface area contributed by atoms with E-state index in [1.165, 1.54) is 7.69 Å². The maximum Gasteiger partial charge on any atom is 0.658 e. The molecule has 37 heavy (non-hydrogen) atoms. The monoisotopic (exact) mass is 495 g/mol. The zero-order chi connectivity index (χ0) is 25.7. The number of anilines is 2. The second-order valence-electron chi connectivity index (χ2n) is 7.75. The fourth-order valence-electron chi connectivity index (χ4n) is 3.12. The van der Waals surface area contributed by atoms with Crippen LogP contribution in [0.1, 0.15) is 11.1 Å². The number of hydrogen-bond donors (Lipinski definition) is 2. The Morgan fingerprint density at radius 1 is 0.541 bits per heavy atom. The molecule has 4 aromatic carbocycles. The highest BCUT2D eigenvalue weighted by Gasteiger charge is 2.07. The lowest BCUT2D eigenvalue weighted by Crippen LogP contribution is -2.14. The number of ether oxygens (including phenoxy) is 2. The van der Waals surface area contributed by atoms with Crippen LogP contribution in [0, 0.1) is 0 Å². The van der Waals surface area contributed by atoms with Gasteiger partial charge in [0.1, 0.15) is 24.7 Å². The Labute approximate surface area is 215 Å². The van der Waals surface area contributed by atoms with Crippen molar-refractivity contribution in [2.75, 3.05) is 10.6 Å². The first-order valence-electron chi connectivity index (χ1n) is 11.4. The van der Waals surface area contributed by atoms with Crippen LogP contribution in [0.5, 0.6) is 11.5 Å². The van der Waals surface area contributed by atoms with Crippen molar-refractivity contribution < 1.29 is 28.4 Å². The van der Waals surface area contributed by atoms with Gasteiger partial charge in [-0.15, -0.1) is 0 Å². The molecule has 1 radical (unpaired) electrons. The maximum absolute atomic E-state index is 12.0. The summed E-state index contributed by atoms with van der Waals surface area (Å²) in [6.45, 7) is 0.380. The summed E-state index contributed by atoms with van der Waals surface area (Å²) in [6, 6.07) is 32.3. The SMILES string of the molecule is O=C(Nc1ccc(O[B]Oc2ccc(NC(=O)OCc3ccccc3)cc2)cc1)OCc1ccccc1. The molecule has 0 aliphatic rings. The molecular formula is C28H24BN2O6. The van der Waals surface area contributed by atoms with E-state index in [0.29, 0.717) is 22.9 Å². The van der Waals surface area contributed by atoms with E-state index in [9.17, 15) is 9.59 Å². The van der Waals surface area contributed by atoms with Crippen LogP contribution in [0.4, 0.5) is 21.0 Å². The fraction of sp³-hybridized carbons (Fsp3) is 0.0714. The third-order valence-electron chi connectivity index (χ3n) is 5.00. The summed E-state index contributed by atoms with van der Waals surface area (Å²) in [4.78, 5) is 23.9. The molecule has 0 unspecified atom stereocenters. The topological polar surface area (TPSA) is 95.1 Å². The van der Waals surface area contributed by atoms with E-state index in [-0.39, 0.29) is 13.2 Å². The molecule has 0 saturated carbocycles. The first kappa shape index (κ1) is 25.2. The van der Waals surface area contributed by atoms with E-state index in [4.69, 9.17) is 18.8 Å². The zero-order valence-corrected chi connectivity index (χ0v) is 19.8. The highest BCUT2D eigenvalue weighted by Crippen LogP contribution is 2.18. The van der Waals surface area contributed by atoms with E-state index < -0.39 is 12.2 Å². The predicted molar refractivity (Wildman–Crippen MR) is 140 cm³/mol. The quantitative estimate of drug-likeness (QED) is 0.255. The number of rotatable bonds is 10. The van der Waals surface area contributed by atoms with Crippen molar-refractivity contribution in [3.05, 3.63) is 120 Å². The van der Waals surface area contributed by atoms with Gasteiger partial charge in [0.15, 0.2) is 0 Å². The van der Waals surface area contributed by atoms with Crippen LogP contribution in [0.15, 0.2) is 109 Å². The molecule has 0 bridgehead atoms. The highest BCUT2D eigenvalue weighted by atomic mass is 16.6. The van der Waals surface area contributed by atoms with Crippen LogP contribution in [-0.4, -0.2) is 19.9 Å². The molecule has 0 aromatic heterocycles. The number of hydrogen-bond acceptors (Lipinski definition) is 6. The lowest BCUT2D eigenvalue weighted by molar-refractivity contribution is 0.154. The minimum absolute atomic E-state index is 0.190. The van der Waals surface area contributed by atoms with Crippen LogP contribution >= 0.6 is 0 Å². The van der Waals surface area contributed by atoms with Crippen molar-refractivity contribution >= 4 is 31.2 Å². The molecule has 8 nitrogen and oxygen atoms in total. The molecular weight excluding hydrogens is 471 g/mol. The molecule has 0 aliphatic carbocycles. The van der Waals surface area contributed by atoms with E-state index in [1.807, 2.05) is 60.7 Å². The average molecular weight is 495 g/mol. The molecule has 0 fully saturated rings. The number of benzene rings is 4. The van der Waals surface area contributed by atoms with E-state index in [2.05, 4.69) is 10.6 Å². The summed E-state index contributed by atoms with van der Waals surface area (Å²) in [5, 5.41) is 5.32. The van der Waals surface area contributed by atoms with Gasteiger partial charge >= 0.3 is 19.9 Å². The number of amides is 2. The number of nitrogens with one attached hydrogen (secondary N) is 2. The van der Waals surface area contributed by atoms with Crippen LogP contribution in [-0.2, 0) is 22.7 Å². The molecule has 4 rings (SSSR count). The zero-order valence-electron chi connectivity index (χ0n) is 19.8. The average Bonchev–Trinajstić information content (AvgIpc) is 2.94. The van der Waals surface area contributed by atoms with Crippen LogP contribution in [0.25, 0.3) is 0 Å². The van der Waals surface area contributed by atoms with Crippen LogP contribution in [0.3, 0.4) is 0 Å². The molecule has 0 saturated heterocycles. The van der Waals surface area contributed by atoms with E-state index in [1.54, 1.807) is 48.5 Å². The van der Waals surface area contributed by atoms with E-state index in [0.717, 1.165) is 11.1 Å². The third kappa shape index (κ3) is 8.67. The van der Waals surface area contributed by atoms with Gasteiger partial charge in [0.25, 0.3) is 0 Å². The minimum Gasteiger partial charge on any atom is -0.526 e. The van der Waals surface area contributed by atoms with Gasteiger partial charge in [-0.05, 0) is 59.7 Å². The Morgan fingerprint density at radius 3 is 1.30 bits per heavy atom. The molecule has 185 valence electrons. The van der Waals surface area contributed by atoms with Gasteiger partial charge < -0.3 is 18.8 Å². The maximum atomic E-state index is 12.0. The van der Waals surface area contributed by atoms with Gasteiger partial charge in [-0.2, -0.15) is 0 Å². The van der Waals surface area contributed by atoms with Gasteiger partial charge in [-0.25, -0.2) is 9.59 Å². The van der Waals surface area contributed by atoms with Crippen molar-refractivity contribution in [2.24, 2.45) is 0 Å². The summed E-state index contributed by atoms with van der Waals surface area (Å²) in [7, 11) is 1.19. The summed E-state index contributed by atoms with van der Waals surface area (Å²) < 4.78 is 21.3. The minimum atomic E-state index is -0.546.